The molecule has 2 rings (SSSR count). The molecule has 1 heterocycles. The lowest BCUT2D eigenvalue weighted by Crippen LogP contribution is -2.62. The van der Waals surface area contributed by atoms with E-state index in [9.17, 15) is 18.7 Å². The molecule has 1 aromatic carbocycles. The Morgan fingerprint density at radius 3 is 2.43 bits per heavy atom. The van der Waals surface area contributed by atoms with Crippen LogP contribution >= 0.6 is 15.9 Å². The van der Waals surface area contributed by atoms with Crippen LogP contribution in [0.4, 0.5) is 13.6 Å². The summed E-state index contributed by atoms with van der Waals surface area (Å²) in [6.45, 7) is 4.89. The predicted molar refractivity (Wildman–Crippen MR) is 75.8 cm³/mol. The van der Waals surface area contributed by atoms with E-state index in [0.717, 1.165) is 0 Å². The van der Waals surface area contributed by atoms with Crippen LogP contribution in [0.2, 0.25) is 0 Å². The van der Waals surface area contributed by atoms with Crippen LogP contribution in [-0.4, -0.2) is 34.8 Å². The Morgan fingerprint density at radius 2 is 1.90 bits per heavy atom. The summed E-state index contributed by atoms with van der Waals surface area (Å²) in [7, 11) is 0. The smallest absolute Gasteiger partial charge is 0.410 e. The van der Waals surface area contributed by atoms with Gasteiger partial charge in [0.05, 0.1) is 17.6 Å². The van der Waals surface area contributed by atoms with E-state index in [1.165, 1.54) is 17.0 Å². The average Bonchev–Trinajstić information content (AvgIpc) is 2.30. The summed E-state index contributed by atoms with van der Waals surface area (Å²) in [6.07, 6.45) is -0.592. The van der Waals surface area contributed by atoms with Crippen LogP contribution in [0.25, 0.3) is 0 Å². The topological polar surface area (TPSA) is 49.8 Å². The zero-order chi connectivity index (χ0) is 16.0. The lowest BCUT2D eigenvalue weighted by atomic mass is 9.86. The molecule has 1 fully saturated rings. The molecule has 0 saturated carbocycles. The Bertz CT molecular complexity index is 580. The van der Waals surface area contributed by atoms with Gasteiger partial charge in [0.2, 0.25) is 0 Å². The number of hydrogen-bond donors (Lipinski definition) is 1. The zero-order valence-corrected chi connectivity index (χ0v) is 13.5. The number of likely N-dealkylation sites (tertiary alicyclic amines) is 1. The quantitative estimate of drug-likeness (QED) is 0.779. The number of halogens is 3. The molecule has 1 aromatic rings. The van der Waals surface area contributed by atoms with Crippen molar-refractivity contribution in [1.29, 1.82) is 0 Å². The van der Waals surface area contributed by atoms with E-state index < -0.39 is 28.9 Å². The summed E-state index contributed by atoms with van der Waals surface area (Å²) in [4.78, 5) is 13.0. The van der Waals surface area contributed by atoms with Gasteiger partial charge in [-0.15, -0.1) is 0 Å². The highest BCUT2D eigenvalue weighted by Gasteiger charge is 2.48. The van der Waals surface area contributed by atoms with Crippen molar-refractivity contribution in [2.24, 2.45) is 0 Å². The minimum absolute atomic E-state index is 0.0179. The van der Waals surface area contributed by atoms with E-state index in [0.29, 0.717) is 0 Å². The summed E-state index contributed by atoms with van der Waals surface area (Å²) < 4.78 is 32.5. The highest BCUT2D eigenvalue weighted by molar-refractivity contribution is 9.10. The number of rotatable bonds is 1. The Hall–Kier alpha value is -1.21. The van der Waals surface area contributed by atoms with Gasteiger partial charge in [-0.2, -0.15) is 0 Å². The second-order valence-corrected chi connectivity index (χ2v) is 6.95. The monoisotopic (exact) mass is 363 g/mol. The van der Waals surface area contributed by atoms with E-state index in [4.69, 9.17) is 4.74 Å². The fourth-order valence-corrected chi connectivity index (χ4v) is 2.40. The molecule has 1 N–H and O–H groups in total. The number of carbonyl (C=O) groups is 1. The average molecular weight is 364 g/mol. The van der Waals surface area contributed by atoms with Crippen molar-refractivity contribution in [2.75, 3.05) is 13.1 Å². The number of amides is 1. The first-order valence-electron chi connectivity index (χ1n) is 6.38. The Balaban J connectivity index is 2.12. The highest BCUT2D eigenvalue weighted by atomic mass is 79.9. The fourth-order valence-electron chi connectivity index (χ4n) is 2.10. The fraction of sp³-hybridized carbons (Fsp3) is 0.500. The summed E-state index contributed by atoms with van der Waals surface area (Å²) in [5.41, 5.74) is -2.41. The molecule has 1 aliphatic rings. The summed E-state index contributed by atoms with van der Waals surface area (Å²) in [5, 5.41) is 10.3. The minimum Gasteiger partial charge on any atom is -0.444 e. The van der Waals surface area contributed by atoms with Crippen LogP contribution in [0.3, 0.4) is 0 Å². The van der Waals surface area contributed by atoms with Gasteiger partial charge in [0, 0.05) is 5.56 Å². The van der Waals surface area contributed by atoms with Crippen LogP contribution in [0.1, 0.15) is 26.3 Å². The maximum atomic E-state index is 13.9. The van der Waals surface area contributed by atoms with Crippen LogP contribution in [0, 0.1) is 11.6 Å². The van der Waals surface area contributed by atoms with Crippen molar-refractivity contribution in [3.05, 3.63) is 33.8 Å². The number of carbonyl (C=O) groups excluding carboxylic acids is 1. The molecule has 0 spiro atoms. The van der Waals surface area contributed by atoms with Gasteiger partial charge in [0.25, 0.3) is 0 Å². The minimum atomic E-state index is -1.59. The van der Waals surface area contributed by atoms with E-state index in [-0.39, 0.29) is 23.1 Å². The molecule has 4 nitrogen and oxygen atoms in total. The number of β-amino-alcohol motifs (C(OH)–C–C–N with tert-alkyl or cyclic N) is 1. The van der Waals surface area contributed by atoms with Gasteiger partial charge in [-0.3, -0.25) is 0 Å². The molecule has 0 aromatic heterocycles. The summed E-state index contributed by atoms with van der Waals surface area (Å²) in [5.74, 6) is -2.17. The number of aliphatic hydroxyl groups is 1. The first kappa shape index (κ1) is 16.2. The second-order valence-electron chi connectivity index (χ2n) is 6.09. The van der Waals surface area contributed by atoms with Gasteiger partial charge in [-0.25, -0.2) is 13.6 Å². The van der Waals surface area contributed by atoms with Crippen molar-refractivity contribution < 1.29 is 23.4 Å². The van der Waals surface area contributed by atoms with Gasteiger partial charge < -0.3 is 14.7 Å². The Labute approximate surface area is 129 Å². The molecule has 7 heteroatoms. The molecular formula is C14H16BrF2NO3. The zero-order valence-electron chi connectivity index (χ0n) is 11.9. The predicted octanol–water partition coefficient (Wildman–Crippen LogP) is 3.17. The summed E-state index contributed by atoms with van der Waals surface area (Å²) in [6, 6.07) is 2.62. The van der Waals surface area contributed by atoms with E-state index in [1.807, 2.05) is 0 Å². The first-order chi connectivity index (χ1) is 9.53. The SMILES string of the molecule is CC(C)(C)OC(=O)N1CC(O)(c2ccc(Br)c(F)c2F)C1. The molecule has 1 aliphatic heterocycles. The van der Waals surface area contributed by atoms with Crippen molar-refractivity contribution in [2.45, 2.75) is 32.0 Å². The molecule has 0 radical (unpaired) electrons. The van der Waals surface area contributed by atoms with Crippen LogP contribution in [0.15, 0.2) is 16.6 Å². The van der Waals surface area contributed by atoms with Gasteiger partial charge in [0.1, 0.15) is 11.2 Å². The van der Waals surface area contributed by atoms with Crippen LogP contribution in [0.5, 0.6) is 0 Å². The Kier molecular flexibility index (Phi) is 4.01. The Morgan fingerprint density at radius 1 is 1.33 bits per heavy atom. The normalized spacial score (nSPS) is 17.4. The van der Waals surface area contributed by atoms with E-state index in [1.54, 1.807) is 20.8 Å². The second kappa shape index (κ2) is 5.21. The molecule has 0 atom stereocenters. The van der Waals surface area contributed by atoms with E-state index >= 15 is 0 Å². The largest absolute Gasteiger partial charge is 0.444 e. The van der Waals surface area contributed by atoms with Crippen molar-refractivity contribution in [3.8, 4) is 0 Å². The third-order valence-corrected chi connectivity index (χ3v) is 3.71. The third-order valence-electron chi connectivity index (χ3n) is 3.09. The number of ether oxygens (including phenoxy) is 1. The molecular weight excluding hydrogens is 348 g/mol. The molecule has 0 aliphatic carbocycles. The lowest BCUT2D eigenvalue weighted by molar-refractivity contribution is -0.105. The molecule has 116 valence electrons. The maximum absolute atomic E-state index is 13.9. The standard InChI is InChI=1S/C14H16BrF2NO3/c1-13(2,3)21-12(19)18-6-14(20,7-18)8-4-5-9(15)11(17)10(8)16/h4-5,20H,6-7H2,1-3H3. The van der Waals surface area contributed by atoms with Gasteiger partial charge in [-0.05, 0) is 42.8 Å². The third kappa shape index (κ3) is 3.18. The van der Waals surface area contributed by atoms with E-state index in [2.05, 4.69) is 15.9 Å². The lowest BCUT2D eigenvalue weighted by Gasteiger charge is -2.46. The van der Waals surface area contributed by atoms with Crippen molar-refractivity contribution in [3.63, 3.8) is 0 Å². The maximum Gasteiger partial charge on any atom is 0.410 e. The van der Waals surface area contributed by atoms with Crippen LogP contribution < -0.4 is 0 Å². The van der Waals surface area contributed by atoms with Crippen molar-refractivity contribution >= 4 is 22.0 Å². The molecule has 0 unspecified atom stereocenters. The first-order valence-corrected chi connectivity index (χ1v) is 7.17. The van der Waals surface area contributed by atoms with Gasteiger partial charge in [-0.1, -0.05) is 6.07 Å². The molecule has 0 bridgehead atoms. The molecule has 1 saturated heterocycles. The molecule has 21 heavy (non-hydrogen) atoms. The summed E-state index contributed by atoms with van der Waals surface area (Å²) >= 11 is 2.87. The van der Waals surface area contributed by atoms with Crippen LogP contribution in [-0.2, 0) is 10.3 Å². The number of benzene rings is 1. The number of hydrogen-bond acceptors (Lipinski definition) is 3. The van der Waals surface area contributed by atoms with Gasteiger partial charge in [0.15, 0.2) is 11.6 Å². The molecule has 1 amide bonds. The van der Waals surface area contributed by atoms with Crippen molar-refractivity contribution in [1.82, 2.24) is 4.90 Å². The highest BCUT2D eigenvalue weighted by Crippen LogP contribution is 2.36. The van der Waals surface area contributed by atoms with Gasteiger partial charge >= 0.3 is 6.09 Å². The number of nitrogens with zero attached hydrogens (tertiary/aromatic N) is 1.